The molecule has 2 aliphatic heterocycles. The summed E-state index contributed by atoms with van der Waals surface area (Å²) >= 11 is 1.38. The zero-order valence-electron chi connectivity index (χ0n) is 17.3. The van der Waals surface area contributed by atoms with Crippen molar-refractivity contribution in [3.8, 4) is 0 Å². The highest BCUT2D eigenvalue weighted by atomic mass is 32.2. The molecule has 1 saturated carbocycles. The summed E-state index contributed by atoms with van der Waals surface area (Å²) in [6.07, 6.45) is 5.86. The van der Waals surface area contributed by atoms with Crippen LogP contribution < -0.4 is 10.2 Å². The second-order valence-corrected chi connectivity index (χ2v) is 11.5. The SMILES string of the molecule is CC1CCC(NC(=O)CN2C(=O)CSc3ccc(S(=O)(=O)N4CCCC4)cc32)CC1. The molecular formula is C21H29N3O4S2. The zero-order valence-corrected chi connectivity index (χ0v) is 18.9. The van der Waals surface area contributed by atoms with Crippen LogP contribution in [0.4, 0.5) is 5.69 Å². The number of sulfonamides is 1. The molecule has 9 heteroatoms. The van der Waals surface area contributed by atoms with Gasteiger partial charge in [-0.3, -0.25) is 9.59 Å². The van der Waals surface area contributed by atoms with Crippen molar-refractivity contribution >= 4 is 39.3 Å². The molecule has 0 radical (unpaired) electrons. The molecule has 0 atom stereocenters. The fraction of sp³-hybridized carbons (Fsp3) is 0.619. The number of carbonyl (C=O) groups is 2. The minimum Gasteiger partial charge on any atom is -0.352 e. The number of benzene rings is 1. The maximum atomic E-state index is 13.0. The third kappa shape index (κ3) is 4.53. The van der Waals surface area contributed by atoms with Crippen LogP contribution in [0.1, 0.15) is 45.4 Å². The lowest BCUT2D eigenvalue weighted by molar-refractivity contribution is -0.123. The minimum atomic E-state index is -3.58. The van der Waals surface area contributed by atoms with E-state index in [1.807, 2.05) is 0 Å². The van der Waals surface area contributed by atoms with Gasteiger partial charge in [0, 0.05) is 24.0 Å². The van der Waals surface area contributed by atoms with Gasteiger partial charge in [0.25, 0.3) is 0 Å². The van der Waals surface area contributed by atoms with Crippen molar-refractivity contribution in [2.75, 3.05) is 30.3 Å². The number of hydrogen-bond acceptors (Lipinski definition) is 5. The molecule has 1 aliphatic carbocycles. The number of anilines is 1. The van der Waals surface area contributed by atoms with Gasteiger partial charge in [-0.25, -0.2) is 8.42 Å². The maximum Gasteiger partial charge on any atom is 0.243 e. The lowest BCUT2D eigenvalue weighted by Gasteiger charge is -2.31. The van der Waals surface area contributed by atoms with E-state index in [0.29, 0.717) is 24.7 Å². The molecule has 3 aliphatic rings. The Morgan fingerprint density at radius 3 is 2.57 bits per heavy atom. The molecule has 0 unspecified atom stereocenters. The van der Waals surface area contributed by atoms with Crippen molar-refractivity contribution in [1.82, 2.24) is 9.62 Å². The molecule has 2 heterocycles. The smallest absolute Gasteiger partial charge is 0.243 e. The van der Waals surface area contributed by atoms with Gasteiger partial charge in [0.15, 0.2) is 0 Å². The van der Waals surface area contributed by atoms with Crippen LogP contribution in [-0.4, -0.2) is 56.0 Å². The normalized spacial score (nSPS) is 25.2. The summed E-state index contributed by atoms with van der Waals surface area (Å²) in [5.41, 5.74) is 0.518. The average molecular weight is 452 g/mol. The number of thioether (sulfide) groups is 1. The average Bonchev–Trinajstić information content (AvgIpc) is 3.27. The Hall–Kier alpha value is -1.58. The van der Waals surface area contributed by atoms with E-state index < -0.39 is 10.0 Å². The van der Waals surface area contributed by atoms with E-state index in [9.17, 15) is 18.0 Å². The van der Waals surface area contributed by atoms with Crippen molar-refractivity contribution in [3.05, 3.63) is 18.2 Å². The molecule has 0 spiro atoms. The third-order valence-electron chi connectivity index (χ3n) is 6.26. The van der Waals surface area contributed by atoms with E-state index in [4.69, 9.17) is 0 Å². The van der Waals surface area contributed by atoms with Gasteiger partial charge in [0.1, 0.15) is 6.54 Å². The summed E-state index contributed by atoms with van der Waals surface area (Å²) in [7, 11) is -3.58. The monoisotopic (exact) mass is 451 g/mol. The molecule has 30 heavy (non-hydrogen) atoms. The quantitative estimate of drug-likeness (QED) is 0.744. The number of fused-ring (bicyclic) bond motifs is 1. The Morgan fingerprint density at radius 2 is 1.87 bits per heavy atom. The van der Waals surface area contributed by atoms with E-state index in [0.717, 1.165) is 43.4 Å². The van der Waals surface area contributed by atoms with Crippen LogP contribution in [0, 0.1) is 5.92 Å². The summed E-state index contributed by atoms with van der Waals surface area (Å²) in [6.45, 7) is 3.21. The molecule has 0 bridgehead atoms. The Balaban J connectivity index is 1.52. The van der Waals surface area contributed by atoms with Crippen molar-refractivity contribution < 1.29 is 18.0 Å². The summed E-state index contributed by atoms with van der Waals surface area (Å²) in [6, 6.07) is 5.08. The van der Waals surface area contributed by atoms with Crippen LogP contribution in [0.5, 0.6) is 0 Å². The fourth-order valence-electron chi connectivity index (χ4n) is 4.41. The van der Waals surface area contributed by atoms with E-state index in [1.165, 1.54) is 21.0 Å². The summed E-state index contributed by atoms with van der Waals surface area (Å²) < 4.78 is 27.4. The Labute approximate surface area is 182 Å². The van der Waals surface area contributed by atoms with Gasteiger partial charge in [-0.2, -0.15) is 4.31 Å². The Kier molecular flexibility index (Phi) is 6.41. The van der Waals surface area contributed by atoms with Gasteiger partial charge in [0.2, 0.25) is 21.8 Å². The van der Waals surface area contributed by atoms with E-state index in [-0.39, 0.29) is 35.0 Å². The molecule has 2 amide bonds. The largest absolute Gasteiger partial charge is 0.352 e. The van der Waals surface area contributed by atoms with Gasteiger partial charge >= 0.3 is 0 Å². The summed E-state index contributed by atoms with van der Waals surface area (Å²) in [5, 5.41) is 3.06. The maximum absolute atomic E-state index is 13.0. The highest BCUT2D eigenvalue weighted by Crippen LogP contribution is 2.37. The molecule has 1 aromatic rings. The van der Waals surface area contributed by atoms with Crippen LogP contribution in [0.25, 0.3) is 0 Å². The van der Waals surface area contributed by atoms with Crippen molar-refractivity contribution in [2.24, 2.45) is 5.92 Å². The molecule has 0 aromatic heterocycles. The first-order valence-electron chi connectivity index (χ1n) is 10.7. The first kappa shape index (κ1) is 21.6. The van der Waals surface area contributed by atoms with Gasteiger partial charge in [0.05, 0.1) is 16.3 Å². The standard InChI is InChI=1S/C21H29N3O4S2/c1-15-4-6-16(7-5-15)22-20(25)13-24-18-12-17(8-9-19(18)29-14-21(24)26)30(27,28)23-10-2-3-11-23/h8-9,12,15-16H,2-7,10-11,13-14H2,1H3,(H,22,25). The fourth-order valence-corrected chi connectivity index (χ4v) is 6.87. The molecule has 164 valence electrons. The second-order valence-electron chi connectivity index (χ2n) is 8.53. The van der Waals surface area contributed by atoms with Crippen molar-refractivity contribution in [3.63, 3.8) is 0 Å². The minimum absolute atomic E-state index is 0.0777. The Bertz CT molecular complexity index is 920. The van der Waals surface area contributed by atoms with E-state index >= 15 is 0 Å². The van der Waals surface area contributed by atoms with E-state index in [1.54, 1.807) is 18.2 Å². The molecule has 4 rings (SSSR count). The summed E-state index contributed by atoms with van der Waals surface area (Å²) in [4.78, 5) is 27.7. The third-order valence-corrected chi connectivity index (χ3v) is 9.20. The molecule has 1 saturated heterocycles. The molecule has 1 N–H and O–H groups in total. The second kappa shape index (κ2) is 8.88. The first-order chi connectivity index (χ1) is 14.3. The zero-order chi connectivity index (χ0) is 21.3. The molecular weight excluding hydrogens is 422 g/mol. The number of rotatable bonds is 5. The van der Waals surface area contributed by atoms with Gasteiger partial charge < -0.3 is 10.2 Å². The Morgan fingerprint density at radius 1 is 1.17 bits per heavy atom. The van der Waals surface area contributed by atoms with Crippen molar-refractivity contribution in [2.45, 2.75) is 61.3 Å². The molecule has 2 fully saturated rings. The van der Waals surface area contributed by atoms with Gasteiger partial charge in [-0.05, 0) is 62.6 Å². The lowest BCUT2D eigenvalue weighted by Crippen LogP contribution is -2.46. The lowest BCUT2D eigenvalue weighted by atomic mass is 9.87. The highest BCUT2D eigenvalue weighted by Gasteiger charge is 2.32. The van der Waals surface area contributed by atoms with Crippen LogP contribution in [0.3, 0.4) is 0 Å². The number of nitrogens with zero attached hydrogens (tertiary/aromatic N) is 2. The highest BCUT2D eigenvalue weighted by molar-refractivity contribution is 8.00. The van der Waals surface area contributed by atoms with Crippen LogP contribution in [0.2, 0.25) is 0 Å². The van der Waals surface area contributed by atoms with Gasteiger partial charge in [-0.1, -0.05) is 6.92 Å². The van der Waals surface area contributed by atoms with Gasteiger partial charge in [-0.15, -0.1) is 11.8 Å². The molecule has 1 aromatic carbocycles. The van der Waals surface area contributed by atoms with Crippen LogP contribution in [0.15, 0.2) is 28.0 Å². The first-order valence-corrected chi connectivity index (χ1v) is 13.1. The van der Waals surface area contributed by atoms with Crippen LogP contribution >= 0.6 is 11.8 Å². The number of carbonyl (C=O) groups excluding carboxylic acids is 2. The number of nitrogens with one attached hydrogen (secondary N) is 1. The number of hydrogen-bond donors (Lipinski definition) is 1. The van der Waals surface area contributed by atoms with E-state index in [2.05, 4.69) is 12.2 Å². The topological polar surface area (TPSA) is 86.8 Å². The predicted molar refractivity (Wildman–Crippen MR) is 117 cm³/mol. The summed E-state index contributed by atoms with van der Waals surface area (Å²) in [5.74, 6) is 0.588. The molecule has 7 nitrogen and oxygen atoms in total. The predicted octanol–water partition coefficient (Wildman–Crippen LogP) is 2.60. The van der Waals surface area contributed by atoms with Crippen LogP contribution in [-0.2, 0) is 19.6 Å². The number of amides is 2. The van der Waals surface area contributed by atoms with Crippen molar-refractivity contribution in [1.29, 1.82) is 0 Å².